The highest BCUT2D eigenvalue weighted by atomic mass is 16.5. The lowest BCUT2D eigenvalue weighted by Gasteiger charge is -2.32. The molecule has 1 saturated heterocycles. The first-order chi connectivity index (χ1) is 14.4. The topological polar surface area (TPSA) is 66.3 Å². The second kappa shape index (κ2) is 12.2. The average molecular weight is 417 g/mol. The van der Waals surface area contributed by atoms with Gasteiger partial charge in [-0.3, -0.25) is 0 Å². The number of aryl methyl sites for hydroxylation is 1. The first-order valence-electron chi connectivity index (χ1n) is 11.6. The number of phenols is 2. The Labute approximate surface area is 183 Å². The van der Waals surface area contributed by atoms with E-state index in [1.807, 2.05) is 19.9 Å². The van der Waals surface area contributed by atoms with Gasteiger partial charge in [-0.05, 0) is 69.6 Å². The van der Waals surface area contributed by atoms with Crippen LogP contribution in [0.3, 0.4) is 0 Å². The lowest BCUT2D eigenvalue weighted by atomic mass is 9.73. The fraction of sp³-hybridized carbons (Fsp3) is 0.615. The van der Waals surface area contributed by atoms with E-state index in [0.29, 0.717) is 5.56 Å². The van der Waals surface area contributed by atoms with Crippen molar-refractivity contribution in [3.63, 3.8) is 0 Å². The normalized spacial score (nSPS) is 21.4. The third-order valence-electron chi connectivity index (χ3n) is 6.37. The maximum atomic E-state index is 10.8. The average Bonchev–Trinajstić information content (AvgIpc) is 2.73. The number of allylic oxidation sites excluding steroid dienone is 3. The zero-order valence-corrected chi connectivity index (χ0v) is 19.5. The molecule has 30 heavy (non-hydrogen) atoms. The van der Waals surface area contributed by atoms with Crippen LogP contribution >= 0.6 is 0 Å². The molecule has 1 heterocycles. The van der Waals surface area contributed by atoms with Crippen LogP contribution < -0.4 is 5.32 Å². The number of morpholine rings is 1. The standard InChI is InChI=1S/C22H32O2.C4H9NO/c1-6-7-8-9-17-13-20(23)21(22(24)16(17)5)19-12-15(4)10-11-18(19)14(2)3;1-3-6-4-2-5-1/h12-13,18-19,23-24H,2,6-11H2,1,3-5H3;5H,1-4H2/p+1/t18-,19+;/m0./s1. The minimum atomic E-state index is 0.0136. The quantitative estimate of drug-likeness (QED) is 0.464. The maximum absolute atomic E-state index is 10.8. The molecule has 1 aliphatic carbocycles. The minimum Gasteiger partial charge on any atom is -0.507 e. The number of hydrogen-bond acceptors (Lipinski definition) is 3. The van der Waals surface area contributed by atoms with E-state index >= 15 is 0 Å². The molecule has 0 saturated carbocycles. The molecule has 1 fully saturated rings. The van der Waals surface area contributed by atoms with Crippen molar-refractivity contribution in [2.24, 2.45) is 5.92 Å². The van der Waals surface area contributed by atoms with Gasteiger partial charge >= 0.3 is 0 Å². The smallest absolute Gasteiger partial charge is 0.126 e. The van der Waals surface area contributed by atoms with Gasteiger partial charge in [0.15, 0.2) is 0 Å². The van der Waals surface area contributed by atoms with Crippen LogP contribution in [0.25, 0.3) is 0 Å². The van der Waals surface area contributed by atoms with Crippen LogP contribution in [-0.2, 0) is 11.2 Å². The molecule has 4 N–H and O–H groups in total. The van der Waals surface area contributed by atoms with Crippen molar-refractivity contribution >= 4 is 0 Å². The monoisotopic (exact) mass is 416 g/mol. The molecule has 0 spiro atoms. The van der Waals surface area contributed by atoms with Crippen molar-refractivity contribution in [2.45, 2.75) is 72.1 Å². The van der Waals surface area contributed by atoms with E-state index in [1.165, 1.54) is 18.4 Å². The van der Waals surface area contributed by atoms with Gasteiger partial charge < -0.3 is 20.3 Å². The molecule has 1 aromatic carbocycles. The Morgan fingerprint density at radius 1 is 1.20 bits per heavy atom. The van der Waals surface area contributed by atoms with Gasteiger partial charge in [-0.2, -0.15) is 0 Å². The van der Waals surface area contributed by atoms with E-state index in [9.17, 15) is 10.2 Å². The van der Waals surface area contributed by atoms with E-state index in [2.05, 4.69) is 31.8 Å². The Bertz CT molecular complexity index is 723. The van der Waals surface area contributed by atoms with Gasteiger partial charge in [0.1, 0.15) is 11.5 Å². The molecule has 0 aromatic heterocycles. The Hall–Kier alpha value is -1.78. The zero-order chi connectivity index (χ0) is 22.1. The molecule has 0 amide bonds. The molecule has 1 aromatic rings. The number of nitrogens with two attached hydrogens (primary N) is 1. The van der Waals surface area contributed by atoms with Crippen LogP contribution in [0.15, 0.2) is 29.9 Å². The first-order valence-corrected chi connectivity index (χ1v) is 11.6. The summed E-state index contributed by atoms with van der Waals surface area (Å²) in [5.74, 6) is 0.783. The lowest BCUT2D eigenvalue weighted by molar-refractivity contribution is -0.670. The summed E-state index contributed by atoms with van der Waals surface area (Å²) >= 11 is 0. The number of aromatic hydroxyl groups is 2. The zero-order valence-electron chi connectivity index (χ0n) is 19.5. The van der Waals surface area contributed by atoms with Crippen LogP contribution in [0.4, 0.5) is 0 Å². The fourth-order valence-electron chi connectivity index (χ4n) is 4.47. The van der Waals surface area contributed by atoms with E-state index in [4.69, 9.17) is 4.74 Å². The molecule has 2 aliphatic rings. The van der Waals surface area contributed by atoms with Gasteiger partial charge in [-0.1, -0.05) is 43.6 Å². The summed E-state index contributed by atoms with van der Waals surface area (Å²) in [6.45, 7) is 16.7. The highest BCUT2D eigenvalue weighted by Crippen LogP contribution is 2.47. The number of unbranched alkanes of at least 4 members (excludes halogenated alkanes) is 2. The Morgan fingerprint density at radius 2 is 1.90 bits per heavy atom. The third kappa shape index (κ3) is 6.61. The first kappa shape index (κ1) is 24.5. The molecular weight excluding hydrogens is 374 g/mol. The predicted octanol–water partition coefficient (Wildman–Crippen LogP) is 4.73. The van der Waals surface area contributed by atoms with E-state index < -0.39 is 0 Å². The molecule has 0 bridgehead atoms. The molecule has 1 aliphatic heterocycles. The molecular formula is C26H42NO3+. The van der Waals surface area contributed by atoms with Gasteiger partial charge in [-0.25, -0.2) is 0 Å². The largest absolute Gasteiger partial charge is 0.507 e. The van der Waals surface area contributed by atoms with Crippen LogP contribution in [-0.4, -0.2) is 36.5 Å². The minimum absolute atomic E-state index is 0.0136. The summed E-state index contributed by atoms with van der Waals surface area (Å²) in [7, 11) is 0. The van der Waals surface area contributed by atoms with Gasteiger partial charge in [0.2, 0.25) is 0 Å². The maximum Gasteiger partial charge on any atom is 0.126 e. The summed E-state index contributed by atoms with van der Waals surface area (Å²) < 4.78 is 5.04. The highest BCUT2D eigenvalue weighted by molar-refractivity contribution is 5.56. The number of benzene rings is 1. The summed E-state index contributed by atoms with van der Waals surface area (Å²) in [5.41, 5.74) is 5.09. The van der Waals surface area contributed by atoms with E-state index in [0.717, 1.165) is 68.7 Å². The second-order valence-electron chi connectivity index (χ2n) is 8.91. The van der Waals surface area contributed by atoms with Crippen LogP contribution in [0.5, 0.6) is 11.5 Å². The van der Waals surface area contributed by atoms with Crippen molar-refractivity contribution in [3.05, 3.63) is 46.6 Å². The highest BCUT2D eigenvalue weighted by Gasteiger charge is 2.31. The van der Waals surface area contributed by atoms with Crippen LogP contribution in [0.2, 0.25) is 0 Å². The van der Waals surface area contributed by atoms with Crippen molar-refractivity contribution in [1.29, 1.82) is 0 Å². The molecule has 0 unspecified atom stereocenters. The van der Waals surface area contributed by atoms with Crippen LogP contribution in [0, 0.1) is 12.8 Å². The van der Waals surface area contributed by atoms with Crippen molar-refractivity contribution < 1.29 is 20.3 Å². The summed E-state index contributed by atoms with van der Waals surface area (Å²) in [4.78, 5) is 0. The molecule has 0 radical (unpaired) electrons. The Balaban J connectivity index is 0.000000456. The van der Waals surface area contributed by atoms with Crippen molar-refractivity contribution in [1.82, 2.24) is 0 Å². The number of phenolic OH excluding ortho intramolecular Hbond substituents is 2. The Morgan fingerprint density at radius 3 is 2.43 bits per heavy atom. The summed E-state index contributed by atoms with van der Waals surface area (Å²) in [6.07, 6.45) is 8.62. The lowest BCUT2D eigenvalue weighted by Crippen LogP contribution is -2.87. The molecule has 3 rings (SSSR count). The molecule has 2 atom stereocenters. The van der Waals surface area contributed by atoms with Crippen LogP contribution in [0.1, 0.15) is 75.5 Å². The van der Waals surface area contributed by atoms with Gasteiger partial charge in [0.05, 0.1) is 26.3 Å². The SMILES string of the molecule is C1COCC[NH2+]1.C=C(C)[C@@H]1CCC(C)=C[C@H]1c1c(O)cc(CCCCC)c(C)c1O. The number of rotatable bonds is 6. The van der Waals surface area contributed by atoms with E-state index in [-0.39, 0.29) is 23.3 Å². The van der Waals surface area contributed by atoms with Crippen molar-refractivity contribution in [2.75, 3.05) is 26.3 Å². The Kier molecular flexibility index (Phi) is 9.93. The fourth-order valence-corrected chi connectivity index (χ4v) is 4.47. The van der Waals surface area contributed by atoms with E-state index in [1.54, 1.807) is 0 Å². The summed E-state index contributed by atoms with van der Waals surface area (Å²) in [6, 6.07) is 1.87. The molecule has 4 heteroatoms. The molecule has 4 nitrogen and oxygen atoms in total. The third-order valence-corrected chi connectivity index (χ3v) is 6.37. The van der Waals surface area contributed by atoms with Gasteiger partial charge in [0.25, 0.3) is 0 Å². The van der Waals surface area contributed by atoms with Gasteiger partial charge in [0, 0.05) is 11.5 Å². The number of hydrogen-bond donors (Lipinski definition) is 3. The second-order valence-corrected chi connectivity index (χ2v) is 8.91. The number of quaternary nitrogens is 1. The summed E-state index contributed by atoms with van der Waals surface area (Å²) in [5, 5.41) is 23.8. The van der Waals surface area contributed by atoms with Gasteiger partial charge in [-0.15, -0.1) is 0 Å². The van der Waals surface area contributed by atoms with Crippen molar-refractivity contribution in [3.8, 4) is 11.5 Å². The predicted molar refractivity (Wildman–Crippen MR) is 124 cm³/mol. The molecule has 168 valence electrons. The number of ether oxygens (including phenoxy) is 1.